The summed E-state index contributed by atoms with van der Waals surface area (Å²) in [4.78, 5) is 0. The predicted octanol–water partition coefficient (Wildman–Crippen LogP) is 1.94. The molecule has 0 spiro atoms. The Bertz CT molecular complexity index is 273. The van der Waals surface area contributed by atoms with Gasteiger partial charge in [0.2, 0.25) is 0 Å². The van der Waals surface area contributed by atoms with Crippen LogP contribution in [0.2, 0.25) is 0 Å². The molecule has 4 nitrogen and oxygen atoms in total. The summed E-state index contributed by atoms with van der Waals surface area (Å²) in [5, 5.41) is 3.27. The van der Waals surface area contributed by atoms with Crippen LogP contribution in [0.1, 0.15) is 24.7 Å². The molecule has 1 heterocycles. The van der Waals surface area contributed by atoms with Crippen molar-refractivity contribution in [2.45, 2.75) is 26.5 Å². The van der Waals surface area contributed by atoms with Gasteiger partial charge in [0.15, 0.2) is 0 Å². The molecule has 0 aliphatic carbocycles. The maximum absolute atomic E-state index is 5.50. The molecule has 0 aliphatic heterocycles. The largest absolute Gasteiger partial charge is 0.467 e. The molecule has 4 heteroatoms. The molecule has 1 N–H and O–H groups in total. The first kappa shape index (κ1) is 13.2. The summed E-state index contributed by atoms with van der Waals surface area (Å²) in [7, 11) is 1.70. The van der Waals surface area contributed by atoms with E-state index in [2.05, 4.69) is 12.2 Å². The normalized spacial score (nSPS) is 10.9. The van der Waals surface area contributed by atoms with Crippen molar-refractivity contribution >= 4 is 0 Å². The van der Waals surface area contributed by atoms with Gasteiger partial charge in [-0.15, -0.1) is 0 Å². The minimum atomic E-state index is 0.539. The van der Waals surface area contributed by atoms with Gasteiger partial charge in [-0.05, 0) is 19.0 Å². The Morgan fingerprint density at radius 1 is 1.38 bits per heavy atom. The minimum Gasteiger partial charge on any atom is -0.467 e. The summed E-state index contributed by atoms with van der Waals surface area (Å²) in [5.41, 5.74) is 1.17. The number of rotatable bonds is 9. The molecule has 0 saturated carbocycles. The molecule has 92 valence electrons. The number of hydrogen-bond donors (Lipinski definition) is 1. The Labute approximate surface area is 96.9 Å². The fourth-order valence-corrected chi connectivity index (χ4v) is 1.38. The SMILES string of the molecule is CCNCc1ccoc1COCCCOC. The first-order valence-electron chi connectivity index (χ1n) is 5.71. The minimum absolute atomic E-state index is 0.539. The van der Waals surface area contributed by atoms with Crippen LogP contribution in [-0.2, 0) is 22.6 Å². The van der Waals surface area contributed by atoms with Crippen molar-refractivity contribution in [3.8, 4) is 0 Å². The molecular formula is C12H21NO3. The van der Waals surface area contributed by atoms with E-state index in [0.29, 0.717) is 13.2 Å². The van der Waals surface area contributed by atoms with Crippen LogP contribution >= 0.6 is 0 Å². The first-order chi connectivity index (χ1) is 7.88. The zero-order valence-corrected chi connectivity index (χ0v) is 10.1. The van der Waals surface area contributed by atoms with Crippen LogP contribution in [-0.4, -0.2) is 26.9 Å². The van der Waals surface area contributed by atoms with Crippen LogP contribution in [0.3, 0.4) is 0 Å². The lowest BCUT2D eigenvalue weighted by atomic mass is 10.2. The fraction of sp³-hybridized carbons (Fsp3) is 0.667. The molecule has 16 heavy (non-hydrogen) atoms. The molecule has 0 saturated heterocycles. The van der Waals surface area contributed by atoms with Crippen LogP contribution in [0, 0.1) is 0 Å². The van der Waals surface area contributed by atoms with Gasteiger partial charge in [0.05, 0.1) is 6.26 Å². The van der Waals surface area contributed by atoms with Crippen molar-refractivity contribution in [3.63, 3.8) is 0 Å². The van der Waals surface area contributed by atoms with E-state index in [1.807, 2.05) is 6.07 Å². The zero-order valence-electron chi connectivity index (χ0n) is 10.1. The van der Waals surface area contributed by atoms with Crippen LogP contribution in [0.4, 0.5) is 0 Å². The Kier molecular flexibility index (Phi) is 6.88. The number of hydrogen-bond acceptors (Lipinski definition) is 4. The molecule has 1 aromatic heterocycles. The molecule has 0 aromatic carbocycles. The monoisotopic (exact) mass is 227 g/mol. The van der Waals surface area contributed by atoms with E-state index in [-0.39, 0.29) is 0 Å². The summed E-state index contributed by atoms with van der Waals surface area (Å²) in [6.45, 7) is 5.86. The van der Waals surface area contributed by atoms with E-state index < -0.39 is 0 Å². The lowest BCUT2D eigenvalue weighted by Gasteiger charge is -2.04. The highest BCUT2D eigenvalue weighted by Gasteiger charge is 2.05. The number of nitrogens with one attached hydrogen (secondary N) is 1. The van der Waals surface area contributed by atoms with Gasteiger partial charge in [0.1, 0.15) is 12.4 Å². The van der Waals surface area contributed by atoms with Gasteiger partial charge in [-0.2, -0.15) is 0 Å². The molecule has 1 aromatic rings. The average Bonchev–Trinajstić information content (AvgIpc) is 2.74. The highest BCUT2D eigenvalue weighted by atomic mass is 16.5. The van der Waals surface area contributed by atoms with Gasteiger partial charge >= 0.3 is 0 Å². The molecule has 0 radical (unpaired) electrons. The Hall–Kier alpha value is -0.840. The smallest absolute Gasteiger partial charge is 0.133 e. The summed E-state index contributed by atoms with van der Waals surface area (Å²) < 4.78 is 15.8. The number of ether oxygens (including phenoxy) is 2. The van der Waals surface area contributed by atoms with Crippen LogP contribution in [0.5, 0.6) is 0 Å². The van der Waals surface area contributed by atoms with Gasteiger partial charge in [0.25, 0.3) is 0 Å². The van der Waals surface area contributed by atoms with Crippen LogP contribution in [0.15, 0.2) is 16.7 Å². The number of methoxy groups -OCH3 is 1. The third-order valence-electron chi connectivity index (χ3n) is 2.27. The highest BCUT2D eigenvalue weighted by molar-refractivity contribution is 5.15. The van der Waals surface area contributed by atoms with Crippen molar-refractivity contribution in [2.24, 2.45) is 0 Å². The van der Waals surface area contributed by atoms with Crippen molar-refractivity contribution in [2.75, 3.05) is 26.9 Å². The molecule has 0 atom stereocenters. The third kappa shape index (κ3) is 4.79. The molecule has 0 unspecified atom stereocenters. The van der Waals surface area contributed by atoms with Gasteiger partial charge in [-0.1, -0.05) is 6.92 Å². The lowest BCUT2D eigenvalue weighted by molar-refractivity contribution is 0.0821. The van der Waals surface area contributed by atoms with Gasteiger partial charge in [-0.3, -0.25) is 0 Å². The maximum atomic E-state index is 5.50. The van der Waals surface area contributed by atoms with Gasteiger partial charge in [0, 0.05) is 32.4 Å². The van der Waals surface area contributed by atoms with Gasteiger partial charge < -0.3 is 19.2 Å². The van der Waals surface area contributed by atoms with Crippen molar-refractivity contribution in [3.05, 3.63) is 23.7 Å². The Balaban J connectivity index is 2.22. The third-order valence-corrected chi connectivity index (χ3v) is 2.27. The second kappa shape index (κ2) is 8.33. The van der Waals surface area contributed by atoms with Crippen molar-refractivity contribution in [1.82, 2.24) is 5.32 Å². The highest BCUT2D eigenvalue weighted by Crippen LogP contribution is 2.11. The average molecular weight is 227 g/mol. The van der Waals surface area contributed by atoms with Crippen LogP contribution in [0.25, 0.3) is 0 Å². The topological polar surface area (TPSA) is 43.6 Å². The second-order valence-electron chi connectivity index (χ2n) is 3.55. The molecule has 0 fully saturated rings. The fourth-order valence-electron chi connectivity index (χ4n) is 1.38. The summed E-state index contributed by atoms with van der Waals surface area (Å²) in [5.74, 6) is 0.915. The standard InChI is InChI=1S/C12H21NO3/c1-3-13-9-11-5-8-16-12(11)10-15-7-4-6-14-2/h5,8,13H,3-4,6-7,9-10H2,1-2H3. The van der Waals surface area contributed by atoms with E-state index in [4.69, 9.17) is 13.9 Å². The summed E-state index contributed by atoms with van der Waals surface area (Å²) >= 11 is 0. The molecule has 0 bridgehead atoms. The van der Waals surface area contributed by atoms with E-state index in [1.54, 1.807) is 13.4 Å². The van der Waals surface area contributed by atoms with Gasteiger partial charge in [-0.25, -0.2) is 0 Å². The van der Waals surface area contributed by atoms with E-state index in [1.165, 1.54) is 5.56 Å². The lowest BCUT2D eigenvalue weighted by Crippen LogP contribution is -2.12. The summed E-state index contributed by atoms with van der Waals surface area (Å²) in [6, 6.07) is 1.98. The quantitative estimate of drug-likeness (QED) is 0.655. The Morgan fingerprint density at radius 3 is 3.00 bits per heavy atom. The zero-order chi connectivity index (χ0) is 11.6. The molecule has 0 aliphatic rings. The summed E-state index contributed by atoms with van der Waals surface area (Å²) in [6.07, 6.45) is 2.63. The first-order valence-corrected chi connectivity index (χ1v) is 5.71. The molecular weight excluding hydrogens is 206 g/mol. The van der Waals surface area contributed by atoms with E-state index in [9.17, 15) is 0 Å². The van der Waals surface area contributed by atoms with Crippen molar-refractivity contribution in [1.29, 1.82) is 0 Å². The molecule has 0 amide bonds. The molecule has 1 rings (SSSR count). The Morgan fingerprint density at radius 2 is 2.25 bits per heavy atom. The second-order valence-corrected chi connectivity index (χ2v) is 3.55. The maximum Gasteiger partial charge on any atom is 0.133 e. The van der Waals surface area contributed by atoms with E-state index >= 15 is 0 Å². The van der Waals surface area contributed by atoms with Crippen molar-refractivity contribution < 1.29 is 13.9 Å². The number of furan rings is 1. The van der Waals surface area contributed by atoms with E-state index in [0.717, 1.165) is 31.9 Å². The van der Waals surface area contributed by atoms with Crippen LogP contribution < -0.4 is 5.32 Å². The predicted molar refractivity (Wildman–Crippen MR) is 62.2 cm³/mol.